The van der Waals surface area contributed by atoms with Gasteiger partial charge in [-0.1, -0.05) is 114 Å². The number of unbranched alkanes of at least 4 members (excludes halogenated alkanes) is 10. The van der Waals surface area contributed by atoms with Gasteiger partial charge in [-0.3, -0.25) is 0 Å². The Morgan fingerprint density at radius 3 is 1.74 bits per heavy atom. The molecule has 0 bridgehead atoms. The van der Waals surface area contributed by atoms with Crippen molar-refractivity contribution in [3.8, 4) is 11.5 Å². The molecule has 194 valence electrons. The zero-order valence-electron chi connectivity index (χ0n) is 21.1. The number of rotatable bonds is 16. The van der Waals surface area contributed by atoms with E-state index in [4.69, 9.17) is 30.5 Å². The van der Waals surface area contributed by atoms with Crippen LogP contribution in [0.1, 0.15) is 90.9 Å². The molecule has 0 fully saturated rings. The second kappa shape index (κ2) is 17.0. The summed E-state index contributed by atoms with van der Waals surface area (Å²) in [6.07, 6.45) is 11.5. The van der Waals surface area contributed by atoms with Crippen molar-refractivity contribution in [2.45, 2.75) is 90.9 Å². The van der Waals surface area contributed by atoms with E-state index >= 15 is 0 Å². The molecule has 0 aliphatic carbocycles. The first-order valence-corrected chi connectivity index (χ1v) is 13.3. The summed E-state index contributed by atoms with van der Waals surface area (Å²) in [6.45, 7) is 4.96. The first-order valence-electron chi connectivity index (χ1n) is 13.0. The highest BCUT2D eigenvalue weighted by atomic mass is 35.5. The first kappa shape index (κ1) is 28.8. The Labute approximate surface area is 214 Å². The molecule has 0 saturated carbocycles. The van der Waals surface area contributed by atoms with E-state index in [1.807, 2.05) is 0 Å². The fraction of sp³-hybridized carbons (Fsp3) is 0.571. The zero-order chi connectivity index (χ0) is 25.3. The Balaban J connectivity index is 1.90. The summed E-state index contributed by atoms with van der Waals surface area (Å²) in [5, 5.41) is 1.25. The van der Waals surface area contributed by atoms with E-state index in [1.165, 1.54) is 44.6 Å². The van der Waals surface area contributed by atoms with Crippen molar-refractivity contribution in [1.82, 2.24) is 0 Å². The Bertz CT molecular complexity index is 914. The van der Waals surface area contributed by atoms with Crippen molar-refractivity contribution >= 4 is 34.7 Å². The second-order valence-electron chi connectivity index (χ2n) is 8.67. The molecule has 7 heteroatoms. The minimum absolute atomic E-state index is 0.138. The molecule has 0 aliphatic rings. The van der Waals surface area contributed by atoms with Crippen LogP contribution in [0, 0.1) is 0 Å². The molecule has 0 atom stereocenters. The third-order valence-electron chi connectivity index (χ3n) is 5.73. The average molecular weight is 507 g/mol. The molecule has 0 unspecified atom stereocenters. The first-order chi connectivity index (χ1) is 17.1. The monoisotopic (exact) mass is 506 g/mol. The molecule has 0 aromatic heterocycles. The molecule has 0 N–H and O–H groups in total. The normalized spacial score (nSPS) is 10.8. The number of fused-ring (bicyclic) bond motifs is 1. The third kappa shape index (κ3) is 10.8. The van der Waals surface area contributed by atoms with Crippen LogP contribution in [0.2, 0.25) is 5.02 Å². The highest BCUT2D eigenvalue weighted by molar-refractivity contribution is 6.33. The number of benzene rings is 2. The molecule has 0 saturated heterocycles. The van der Waals surface area contributed by atoms with Crippen LogP contribution in [-0.4, -0.2) is 25.5 Å². The minimum atomic E-state index is -0.808. The van der Waals surface area contributed by atoms with E-state index < -0.39 is 12.3 Å². The molecule has 0 spiro atoms. The third-order valence-corrected chi connectivity index (χ3v) is 6.01. The average Bonchev–Trinajstić information content (AvgIpc) is 2.85. The van der Waals surface area contributed by atoms with E-state index in [0.717, 1.165) is 38.5 Å². The maximum atomic E-state index is 12.2. The smallest absolute Gasteiger partial charge is 0.434 e. The number of halogens is 1. The number of hydrogen-bond acceptors (Lipinski definition) is 6. The van der Waals surface area contributed by atoms with Crippen molar-refractivity contribution in [2.75, 3.05) is 13.2 Å². The van der Waals surface area contributed by atoms with Gasteiger partial charge in [-0.25, -0.2) is 9.59 Å². The van der Waals surface area contributed by atoms with Gasteiger partial charge in [-0.15, -0.1) is 0 Å². The second-order valence-corrected chi connectivity index (χ2v) is 9.08. The lowest BCUT2D eigenvalue weighted by Gasteiger charge is -2.13. The Morgan fingerprint density at radius 2 is 1.17 bits per heavy atom. The van der Waals surface area contributed by atoms with E-state index in [0.29, 0.717) is 24.0 Å². The molecule has 2 aromatic rings. The lowest BCUT2D eigenvalue weighted by atomic mass is 10.1. The van der Waals surface area contributed by atoms with Crippen LogP contribution in [0.15, 0.2) is 30.3 Å². The van der Waals surface area contributed by atoms with Gasteiger partial charge in [0.1, 0.15) is 5.75 Å². The van der Waals surface area contributed by atoms with E-state index in [1.54, 1.807) is 24.3 Å². The van der Waals surface area contributed by atoms with Gasteiger partial charge in [0, 0.05) is 16.8 Å². The van der Waals surface area contributed by atoms with Gasteiger partial charge in [-0.05, 0) is 12.8 Å². The van der Waals surface area contributed by atoms with Crippen molar-refractivity contribution in [2.24, 2.45) is 0 Å². The molecule has 35 heavy (non-hydrogen) atoms. The number of carbonyl (C=O) groups excluding carboxylic acids is 2. The summed E-state index contributed by atoms with van der Waals surface area (Å²) in [6, 6.07) is 8.54. The number of hydrogen-bond donors (Lipinski definition) is 0. The standard InChI is InChI=1S/C28H39ClO6/c1-3-5-7-9-11-15-19-32-27(30)34-25-21-24(29)26(23-18-14-13-17-22(23)25)35-28(31)33-20-16-12-10-8-6-4-2/h13-14,17-18,21H,3-12,15-16,19-20H2,1-2H3. The Kier molecular flexibility index (Phi) is 14.0. The maximum Gasteiger partial charge on any atom is 0.513 e. The van der Waals surface area contributed by atoms with Gasteiger partial charge in [0.15, 0.2) is 5.75 Å². The number of ether oxygens (including phenoxy) is 4. The van der Waals surface area contributed by atoms with Gasteiger partial charge < -0.3 is 18.9 Å². The molecular formula is C28H39ClO6. The summed E-state index contributed by atoms with van der Waals surface area (Å²) in [7, 11) is 0. The largest absolute Gasteiger partial charge is 0.513 e. The van der Waals surface area contributed by atoms with Gasteiger partial charge in [0.25, 0.3) is 0 Å². The van der Waals surface area contributed by atoms with Crippen molar-refractivity contribution in [1.29, 1.82) is 0 Å². The van der Waals surface area contributed by atoms with Crippen LogP contribution < -0.4 is 9.47 Å². The van der Waals surface area contributed by atoms with Crippen LogP contribution in [0.5, 0.6) is 11.5 Å². The molecular weight excluding hydrogens is 468 g/mol. The van der Waals surface area contributed by atoms with Crippen LogP contribution in [0.3, 0.4) is 0 Å². The molecule has 2 rings (SSSR count). The van der Waals surface area contributed by atoms with Crippen LogP contribution in [0.25, 0.3) is 10.8 Å². The SMILES string of the molecule is CCCCCCCCOC(=O)Oc1cc(Cl)c(OC(=O)OCCCCCCCC)c2ccccc12. The molecule has 0 aliphatic heterocycles. The molecule has 0 heterocycles. The van der Waals surface area contributed by atoms with Crippen LogP contribution in [-0.2, 0) is 9.47 Å². The summed E-state index contributed by atoms with van der Waals surface area (Å²) in [5.74, 6) is 0.411. The van der Waals surface area contributed by atoms with Gasteiger partial charge in [0.05, 0.1) is 18.2 Å². The highest BCUT2D eigenvalue weighted by Crippen LogP contribution is 2.40. The van der Waals surface area contributed by atoms with Crippen molar-refractivity contribution in [3.05, 3.63) is 35.4 Å². The quantitative estimate of drug-likeness (QED) is 0.128. The lowest BCUT2D eigenvalue weighted by Crippen LogP contribution is -2.13. The van der Waals surface area contributed by atoms with Gasteiger partial charge in [-0.2, -0.15) is 0 Å². The predicted octanol–water partition coefficient (Wildman–Crippen LogP) is 9.24. The van der Waals surface area contributed by atoms with E-state index in [2.05, 4.69) is 13.8 Å². The Morgan fingerprint density at radius 1 is 0.686 bits per heavy atom. The molecule has 2 aromatic carbocycles. The summed E-state index contributed by atoms with van der Waals surface area (Å²) in [4.78, 5) is 24.4. The summed E-state index contributed by atoms with van der Waals surface area (Å²) < 4.78 is 21.3. The fourth-order valence-corrected chi connectivity index (χ4v) is 4.02. The van der Waals surface area contributed by atoms with Gasteiger partial charge in [0.2, 0.25) is 0 Å². The zero-order valence-corrected chi connectivity index (χ0v) is 21.9. The van der Waals surface area contributed by atoms with E-state index in [-0.39, 0.29) is 16.5 Å². The topological polar surface area (TPSA) is 71.1 Å². The van der Waals surface area contributed by atoms with Crippen molar-refractivity contribution < 1.29 is 28.5 Å². The van der Waals surface area contributed by atoms with Crippen LogP contribution >= 0.6 is 11.6 Å². The summed E-state index contributed by atoms with van der Waals surface area (Å²) in [5.41, 5.74) is 0. The molecule has 0 radical (unpaired) electrons. The highest BCUT2D eigenvalue weighted by Gasteiger charge is 2.19. The van der Waals surface area contributed by atoms with Crippen LogP contribution in [0.4, 0.5) is 9.59 Å². The maximum absolute atomic E-state index is 12.2. The minimum Gasteiger partial charge on any atom is -0.434 e. The lowest BCUT2D eigenvalue weighted by molar-refractivity contribution is 0.0958. The van der Waals surface area contributed by atoms with E-state index in [9.17, 15) is 9.59 Å². The van der Waals surface area contributed by atoms with Crippen molar-refractivity contribution in [3.63, 3.8) is 0 Å². The number of carbonyl (C=O) groups is 2. The fourth-order valence-electron chi connectivity index (χ4n) is 3.78. The molecule has 6 nitrogen and oxygen atoms in total. The summed E-state index contributed by atoms with van der Waals surface area (Å²) >= 11 is 6.39. The Hall–Kier alpha value is -2.47. The molecule has 0 amide bonds. The predicted molar refractivity (Wildman–Crippen MR) is 140 cm³/mol. The van der Waals surface area contributed by atoms with Gasteiger partial charge >= 0.3 is 12.3 Å².